The molecule has 22 heavy (non-hydrogen) atoms. The van der Waals surface area contributed by atoms with Crippen LogP contribution in [-0.2, 0) is 14.8 Å². The molecule has 7 nitrogen and oxygen atoms in total. The van der Waals surface area contributed by atoms with Gasteiger partial charge in [-0.2, -0.15) is 0 Å². The lowest BCUT2D eigenvalue weighted by molar-refractivity contribution is 0.0205. The van der Waals surface area contributed by atoms with Crippen molar-refractivity contribution in [2.75, 3.05) is 40.0 Å². The highest BCUT2D eigenvalue weighted by Gasteiger charge is 2.24. The van der Waals surface area contributed by atoms with E-state index >= 15 is 0 Å². The van der Waals surface area contributed by atoms with E-state index in [0.717, 1.165) is 6.26 Å². The standard InChI is InChI=1S/C13H30N4O3S.HI/c1-13(2,3)11(20-5)10-16-12(14-4)15-8-7-9-17-21(6,18)19;/h11,17H,7-10H2,1-6H3,(H2,14,15,16);1H. The van der Waals surface area contributed by atoms with E-state index in [9.17, 15) is 8.42 Å². The minimum atomic E-state index is -3.11. The molecule has 1 unspecified atom stereocenters. The summed E-state index contributed by atoms with van der Waals surface area (Å²) >= 11 is 0. The fraction of sp³-hybridized carbons (Fsp3) is 0.923. The number of sulfonamides is 1. The normalized spacial score (nSPS) is 14.2. The van der Waals surface area contributed by atoms with E-state index in [1.54, 1.807) is 14.2 Å². The number of rotatable bonds is 8. The van der Waals surface area contributed by atoms with Gasteiger partial charge < -0.3 is 15.4 Å². The first-order chi connectivity index (χ1) is 9.60. The highest BCUT2D eigenvalue weighted by molar-refractivity contribution is 14.0. The molecule has 0 bridgehead atoms. The van der Waals surface area contributed by atoms with Gasteiger partial charge in [0.05, 0.1) is 12.4 Å². The minimum absolute atomic E-state index is 0. The topological polar surface area (TPSA) is 91.8 Å². The van der Waals surface area contributed by atoms with Crippen LogP contribution in [0, 0.1) is 5.41 Å². The Bertz CT molecular complexity index is 421. The van der Waals surface area contributed by atoms with Gasteiger partial charge in [0.25, 0.3) is 0 Å². The summed E-state index contributed by atoms with van der Waals surface area (Å²) in [4.78, 5) is 4.12. The first-order valence-electron chi connectivity index (χ1n) is 7.02. The average molecular weight is 450 g/mol. The van der Waals surface area contributed by atoms with Crippen LogP contribution in [0.4, 0.5) is 0 Å². The summed E-state index contributed by atoms with van der Waals surface area (Å²) in [7, 11) is 0.285. The van der Waals surface area contributed by atoms with Crippen molar-refractivity contribution in [2.24, 2.45) is 10.4 Å². The molecule has 0 amide bonds. The minimum Gasteiger partial charge on any atom is -0.379 e. The number of hydrogen-bond acceptors (Lipinski definition) is 4. The molecule has 0 saturated carbocycles. The largest absolute Gasteiger partial charge is 0.379 e. The maximum absolute atomic E-state index is 10.9. The zero-order valence-corrected chi connectivity index (χ0v) is 17.5. The molecule has 3 N–H and O–H groups in total. The molecular weight excluding hydrogens is 419 g/mol. The van der Waals surface area contributed by atoms with E-state index in [1.165, 1.54) is 0 Å². The second-order valence-electron chi connectivity index (χ2n) is 5.99. The van der Waals surface area contributed by atoms with Crippen molar-refractivity contribution in [3.05, 3.63) is 0 Å². The van der Waals surface area contributed by atoms with Crippen LogP contribution in [0.15, 0.2) is 4.99 Å². The number of nitrogens with one attached hydrogen (secondary N) is 3. The molecule has 1 atom stereocenters. The third kappa shape index (κ3) is 12.4. The molecule has 0 aromatic carbocycles. The van der Waals surface area contributed by atoms with Gasteiger partial charge in [-0.25, -0.2) is 13.1 Å². The number of nitrogens with zero attached hydrogens (tertiary/aromatic N) is 1. The number of methoxy groups -OCH3 is 1. The number of guanidine groups is 1. The van der Waals surface area contributed by atoms with Crippen molar-refractivity contribution in [1.82, 2.24) is 15.4 Å². The van der Waals surface area contributed by atoms with Crippen LogP contribution in [0.1, 0.15) is 27.2 Å². The molecule has 0 spiro atoms. The highest BCUT2D eigenvalue weighted by atomic mass is 127. The van der Waals surface area contributed by atoms with Gasteiger partial charge in [-0.3, -0.25) is 4.99 Å². The number of ether oxygens (including phenoxy) is 1. The molecule has 0 aromatic rings. The Morgan fingerprint density at radius 2 is 1.82 bits per heavy atom. The Morgan fingerprint density at radius 1 is 1.23 bits per heavy atom. The molecule has 0 heterocycles. The van der Waals surface area contributed by atoms with Gasteiger partial charge in [0.2, 0.25) is 10.0 Å². The van der Waals surface area contributed by atoms with Crippen molar-refractivity contribution in [1.29, 1.82) is 0 Å². The SMILES string of the molecule is CN=C(NCCCNS(C)(=O)=O)NCC(OC)C(C)(C)C.I. The highest BCUT2D eigenvalue weighted by Crippen LogP contribution is 2.20. The molecule has 0 aliphatic carbocycles. The Kier molecular flexibility index (Phi) is 12.5. The average Bonchev–Trinajstić information content (AvgIpc) is 2.33. The Morgan fingerprint density at radius 3 is 2.23 bits per heavy atom. The van der Waals surface area contributed by atoms with Crippen molar-refractivity contribution in [2.45, 2.75) is 33.3 Å². The van der Waals surface area contributed by atoms with Crippen LogP contribution in [0.5, 0.6) is 0 Å². The molecule has 9 heteroatoms. The van der Waals surface area contributed by atoms with Crippen LogP contribution < -0.4 is 15.4 Å². The van der Waals surface area contributed by atoms with Crippen molar-refractivity contribution in [3.8, 4) is 0 Å². The van der Waals surface area contributed by atoms with Gasteiger partial charge in [0.1, 0.15) is 0 Å². The Balaban J connectivity index is 0. The molecular formula is C13H31IN4O3S. The third-order valence-electron chi connectivity index (χ3n) is 2.94. The maximum atomic E-state index is 10.9. The molecule has 0 aliphatic rings. The van der Waals surface area contributed by atoms with Gasteiger partial charge in [0, 0.05) is 33.8 Å². The molecule has 0 aromatic heterocycles. The van der Waals surface area contributed by atoms with E-state index in [-0.39, 0.29) is 35.5 Å². The molecule has 0 aliphatic heterocycles. The van der Waals surface area contributed by atoms with Crippen LogP contribution in [0.2, 0.25) is 0 Å². The van der Waals surface area contributed by atoms with Gasteiger partial charge in [-0.15, -0.1) is 24.0 Å². The van der Waals surface area contributed by atoms with Crippen LogP contribution in [0.3, 0.4) is 0 Å². The summed E-state index contributed by atoms with van der Waals surface area (Å²) < 4.78 is 29.7. The second-order valence-corrected chi connectivity index (χ2v) is 7.82. The van der Waals surface area contributed by atoms with Gasteiger partial charge in [-0.05, 0) is 11.8 Å². The van der Waals surface area contributed by atoms with E-state index in [2.05, 4.69) is 41.1 Å². The lowest BCUT2D eigenvalue weighted by Crippen LogP contribution is -2.45. The fourth-order valence-electron chi connectivity index (χ4n) is 1.71. The monoisotopic (exact) mass is 450 g/mol. The molecule has 0 saturated heterocycles. The van der Waals surface area contributed by atoms with Gasteiger partial charge in [-0.1, -0.05) is 20.8 Å². The molecule has 0 radical (unpaired) electrons. The second kappa shape index (κ2) is 11.4. The third-order valence-corrected chi connectivity index (χ3v) is 3.67. The van der Waals surface area contributed by atoms with Gasteiger partial charge >= 0.3 is 0 Å². The first-order valence-corrected chi connectivity index (χ1v) is 8.91. The predicted octanol–water partition coefficient (Wildman–Crippen LogP) is 0.770. The van der Waals surface area contributed by atoms with Crippen molar-refractivity contribution >= 4 is 40.0 Å². The van der Waals surface area contributed by atoms with Gasteiger partial charge in [0.15, 0.2) is 5.96 Å². The van der Waals surface area contributed by atoms with E-state index < -0.39 is 10.0 Å². The fourth-order valence-corrected chi connectivity index (χ4v) is 2.22. The summed E-state index contributed by atoms with van der Waals surface area (Å²) in [5.74, 6) is 0.681. The number of aliphatic imine (C=N–C) groups is 1. The van der Waals surface area contributed by atoms with Crippen LogP contribution in [0.25, 0.3) is 0 Å². The van der Waals surface area contributed by atoms with E-state index in [0.29, 0.717) is 32.0 Å². The maximum Gasteiger partial charge on any atom is 0.208 e. The first kappa shape index (κ1) is 24.1. The summed E-state index contributed by atoms with van der Waals surface area (Å²) in [5.41, 5.74) is 0.0417. The molecule has 0 fully saturated rings. The zero-order valence-electron chi connectivity index (χ0n) is 14.4. The summed E-state index contributed by atoms with van der Waals surface area (Å²) in [5, 5.41) is 6.34. The number of halogens is 1. The lowest BCUT2D eigenvalue weighted by atomic mass is 9.89. The summed E-state index contributed by atoms with van der Waals surface area (Å²) in [6.07, 6.45) is 1.90. The van der Waals surface area contributed by atoms with Crippen molar-refractivity contribution in [3.63, 3.8) is 0 Å². The smallest absolute Gasteiger partial charge is 0.208 e. The van der Waals surface area contributed by atoms with Crippen molar-refractivity contribution < 1.29 is 13.2 Å². The van der Waals surface area contributed by atoms with E-state index in [1.807, 2.05) is 0 Å². The van der Waals surface area contributed by atoms with E-state index in [4.69, 9.17) is 4.74 Å². The molecule has 0 rings (SSSR count). The van der Waals surface area contributed by atoms with Crippen LogP contribution >= 0.6 is 24.0 Å². The summed E-state index contributed by atoms with van der Waals surface area (Å²) in [6, 6.07) is 0. The Hall–Kier alpha value is -0.130. The summed E-state index contributed by atoms with van der Waals surface area (Å²) in [6.45, 7) is 8.06. The zero-order chi connectivity index (χ0) is 16.5. The van der Waals surface area contributed by atoms with Crippen LogP contribution in [-0.4, -0.2) is 60.5 Å². The predicted molar refractivity (Wildman–Crippen MR) is 102 cm³/mol. The lowest BCUT2D eigenvalue weighted by Gasteiger charge is -2.30. The quantitative estimate of drug-likeness (QED) is 0.220. The molecule has 134 valence electrons. The number of hydrogen-bond donors (Lipinski definition) is 3. The Labute approximate surface area is 152 Å².